The Labute approximate surface area is 199 Å². The van der Waals surface area contributed by atoms with E-state index in [1.807, 2.05) is 0 Å². The molecule has 0 aliphatic carbocycles. The van der Waals surface area contributed by atoms with Crippen LogP contribution in [0.3, 0.4) is 0 Å². The minimum absolute atomic E-state index is 0.00542. The Balaban J connectivity index is 1.60. The van der Waals surface area contributed by atoms with Crippen molar-refractivity contribution < 1.29 is 42.9 Å². The quantitative estimate of drug-likeness (QED) is 0.371. The summed E-state index contributed by atoms with van der Waals surface area (Å²) in [5.74, 6) is -1.69. The molecule has 0 fully saturated rings. The molecule has 3 N–H and O–H groups in total. The van der Waals surface area contributed by atoms with E-state index in [1.54, 1.807) is 18.2 Å². The number of carbonyl (C=O) groups is 4. The van der Waals surface area contributed by atoms with E-state index in [1.165, 1.54) is 14.0 Å². The average molecular weight is 493 g/mol. The summed E-state index contributed by atoms with van der Waals surface area (Å²) in [7, 11) is 1.45. The number of nitrogens with one attached hydrogen (secondary N) is 1. The summed E-state index contributed by atoms with van der Waals surface area (Å²) < 4.78 is 25.9. The summed E-state index contributed by atoms with van der Waals surface area (Å²) in [6.45, 7) is 1.97. The van der Waals surface area contributed by atoms with E-state index in [2.05, 4.69) is 5.32 Å². The number of hydrogen-bond donors (Lipinski definition) is 2. The summed E-state index contributed by atoms with van der Waals surface area (Å²) >= 11 is 0.835. The number of fused-ring (bicyclic) bond motifs is 1. The molecule has 182 valence electrons. The fourth-order valence-corrected chi connectivity index (χ4v) is 4.16. The Morgan fingerprint density at radius 1 is 1.09 bits per heavy atom. The van der Waals surface area contributed by atoms with E-state index in [0.717, 1.165) is 11.3 Å². The summed E-state index contributed by atoms with van der Waals surface area (Å²) in [5.41, 5.74) is 6.29. The number of amides is 2. The van der Waals surface area contributed by atoms with Gasteiger partial charge in [-0.2, -0.15) is 0 Å². The van der Waals surface area contributed by atoms with Crippen LogP contribution in [0.1, 0.15) is 31.2 Å². The van der Waals surface area contributed by atoms with Crippen LogP contribution in [0.4, 0.5) is 5.00 Å². The number of anilines is 1. The Morgan fingerprint density at radius 2 is 1.82 bits per heavy atom. The Hall–Kier alpha value is -3.64. The highest BCUT2D eigenvalue weighted by Crippen LogP contribution is 2.34. The van der Waals surface area contributed by atoms with Crippen molar-refractivity contribution in [2.75, 3.05) is 45.5 Å². The van der Waals surface area contributed by atoms with Crippen LogP contribution in [0.15, 0.2) is 18.2 Å². The molecule has 0 atom stereocenters. The van der Waals surface area contributed by atoms with Crippen LogP contribution in [-0.4, -0.2) is 63.9 Å². The normalized spacial score (nSPS) is 12.1. The molecule has 0 saturated heterocycles. The molecule has 2 heterocycles. The van der Waals surface area contributed by atoms with Gasteiger partial charge in [0.15, 0.2) is 18.1 Å². The summed E-state index contributed by atoms with van der Waals surface area (Å²) in [6, 6.07) is 5.08. The van der Waals surface area contributed by atoms with Crippen molar-refractivity contribution >= 4 is 40.1 Å². The van der Waals surface area contributed by atoms with Crippen molar-refractivity contribution in [2.45, 2.75) is 13.3 Å². The van der Waals surface area contributed by atoms with Gasteiger partial charge in [-0.05, 0) is 30.2 Å². The number of benzene rings is 1. The molecule has 0 radical (unpaired) electrons. The molecular formula is C22H24N2O9S. The molecule has 1 aromatic carbocycles. The van der Waals surface area contributed by atoms with E-state index in [-0.39, 0.29) is 40.6 Å². The van der Waals surface area contributed by atoms with E-state index in [4.69, 9.17) is 29.4 Å². The molecule has 0 spiro atoms. The number of nitrogens with two attached hydrogens (primary N) is 1. The van der Waals surface area contributed by atoms with Gasteiger partial charge in [-0.15, -0.1) is 11.3 Å². The smallest absolute Gasteiger partial charge is 0.341 e. The minimum atomic E-state index is -0.750. The molecule has 0 bridgehead atoms. The van der Waals surface area contributed by atoms with Gasteiger partial charge in [0.25, 0.3) is 11.8 Å². The van der Waals surface area contributed by atoms with Crippen LogP contribution < -0.4 is 20.5 Å². The van der Waals surface area contributed by atoms with Crippen molar-refractivity contribution in [3.63, 3.8) is 0 Å². The Morgan fingerprint density at radius 3 is 2.53 bits per heavy atom. The second-order valence-corrected chi connectivity index (χ2v) is 8.14. The lowest BCUT2D eigenvalue weighted by Gasteiger charge is -2.18. The van der Waals surface area contributed by atoms with Gasteiger partial charge in [0.05, 0.1) is 23.5 Å². The van der Waals surface area contributed by atoms with Gasteiger partial charge in [-0.1, -0.05) is 6.07 Å². The standard InChI is InChI=1S/C22H24N2O9S/c1-12-18(22(28)32-6-5-29-2)21(34-19(12)20(23)27)24-16(25)11-33-17(26)10-13-3-4-14-15(9-13)31-8-7-30-14/h3-4,9H,5-8,10-11H2,1-2H3,(H2,23,27)(H,24,25). The first kappa shape index (κ1) is 25.0. The molecule has 0 saturated carbocycles. The van der Waals surface area contributed by atoms with Crippen LogP contribution in [0.25, 0.3) is 0 Å². The van der Waals surface area contributed by atoms with Gasteiger partial charge in [-0.3, -0.25) is 14.4 Å². The fraction of sp³-hybridized carbons (Fsp3) is 0.364. The maximum Gasteiger partial charge on any atom is 0.341 e. The molecule has 3 rings (SSSR count). The third kappa shape index (κ3) is 6.23. The van der Waals surface area contributed by atoms with Gasteiger partial charge in [0.1, 0.15) is 24.8 Å². The number of hydrogen-bond acceptors (Lipinski definition) is 10. The summed E-state index contributed by atoms with van der Waals surface area (Å²) in [4.78, 5) is 48.8. The second-order valence-electron chi connectivity index (χ2n) is 7.12. The van der Waals surface area contributed by atoms with Gasteiger partial charge >= 0.3 is 11.9 Å². The van der Waals surface area contributed by atoms with Crippen LogP contribution in [0.2, 0.25) is 0 Å². The third-order valence-electron chi connectivity index (χ3n) is 4.67. The highest BCUT2D eigenvalue weighted by molar-refractivity contribution is 7.18. The number of ether oxygens (including phenoxy) is 5. The Kier molecular flexibility index (Phi) is 8.44. The molecule has 12 heteroatoms. The molecular weight excluding hydrogens is 468 g/mol. The van der Waals surface area contributed by atoms with E-state index >= 15 is 0 Å². The summed E-state index contributed by atoms with van der Waals surface area (Å²) in [6.07, 6.45) is -0.0784. The first-order valence-corrected chi connectivity index (χ1v) is 11.0. The van der Waals surface area contributed by atoms with Crippen molar-refractivity contribution in [2.24, 2.45) is 5.73 Å². The number of esters is 2. The van der Waals surface area contributed by atoms with Crippen LogP contribution >= 0.6 is 11.3 Å². The lowest BCUT2D eigenvalue weighted by atomic mass is 10.1. The predicted octanol–water partition coefficient (Wildman–Crippen LogP) is 1.45. The third-order valence-corrected chi connectivity index (χ3v) is 5.89. The maximum absolute atomic E-state index is 12.5. The molecule has 11 nitrogen and oxygen atoms in total. The molecule has 2 amide bonds. The van der Waals surface area contributed by atoms with Gasteiger partial charge < -0.3 is 34.7 Å². The van der Waals surface area contributed by atoms with Gasteiger partial charge in [0.2, 0.25) is 0 Å². The van der Waals surface area contributed by atoms with Gasteiger partial charge in [-0.25, -0.2) is 4.79 Å². The monoisotopic (exact) mass is 492 g/mol. The maximum atomic E-state index is 12.5. The second kappa shape index (κ2) is 11.5. The minimum Gasteiger partial charge on any atom is -0.486 e. The van der Waals surface area contributed by atoms with Crippen LogP contribution in [-0.2, 0) is 30.2 Å². The van der Waals surface area contributed by atoms with Crippen LogP contribution in [0, 0.1) is 6.92 Å². The SMILES string of the molecule is COCCOC(=O)c1c(NC(=O)COC(=O)Cc2ccc3c(c2)OCCO3)sc(C(N)=O)c1C. The van der Waals surface area contributed by atoms with E-state index < -0.39 is 30.4 Å². The topological polar surface area (TPSA) is 152 Å². The lowest BCUT2D eigenvalue weighted by Crippen LogP contribution is -2.22. The highest BCUT2D eigenvalue weighted by atomic mass is 32.1. The zero-order valence-corrected chi connectivity index (χ0v) is 19.5. The summed E-state index contributed by atoms with van der Waals surface area (Å²) in [5, 5.41) is 2.56. The van der Waals surface area contributed by atoms with E-state index in [9.17, 15) is 19.2 Å². The number of carbonyl (C=O) groups excluding carboxylic acids is 4. The molecule has 0 unspecified atom stereocenters. The number of methoxy groups -OCH3 is 1. The lowest BCUT2D eigenvalue weighted by molar-refractivity contribution is -0.146. The number of thiophene rings is 1. The average Bonchev–Trinajstić information content (AvgIpc) is 3.13. The first-order valence-electron chi connectivity index (χ1n) is 10.2. The van der Waals surface area contributed by atoms with Crippen LogP contribution in [0.5, 0.6) is 11.5 Å². The van der Waals surface area contributed by atoms with Crippen molar-refractivity contribution in [3.8, 4) is 11.5 Å². The fourth-order valence-electron chi connectivity index (χ4n) is 3.10. The predicted molar refractivity (Wildman–Crippen MR) is 120 cm³/mol. The largest absolute Gasteiger partial charge is 0.486 e. The zero-order valence-electron chi connectivity index (χ0n) is 18.6. The number of primary amides is 1. The highest BCUT2D eigenvalue weighted by Gasteiger charge is 2.26. The van der Waals surface area contributed by atoms with Gasteiger partial charge in [0, 0.05) is 7.11 Å². The zero-order chi connectivity index (χ0) is 24.7. The van der Waals surface area contributed by atoms with Crippen molar-refractivity contribution in [1.29, 1.82) is 0 Å². The van der Waals surface area contributed by atoms with Crippen molar-refractivity contribution in [1.82, 2.24) is 0 Å². The molecule has 1 aromatic heterocycles. The molecule has 1 aliphatic rings. The Bertz CT molecular complexity index is 1100. The molecule has 1 aliphatic heterocycles. The number of rotatable bonds is 10. The molecule has 2 aromatic rings. The molecule has 34 heavy (non-hydrogen) atoms. The first-order chi connectivity index (χ1) is 16.3. The van der Waals surface area contributed by atoms with Crippen molar-refractivity contribution in [3.05, 3.63) is 39.8 Å². The van der Waals surface area contributed by atoms with E-state index in [0.29, 0.717) is 30.3 Å².